The van der Waals surface area contributed by atoms with E-state index in [0.29, 0.717) is 6.61 Å². The zero-order valence-electron chi connectivity index (χ0n) is 4.92. The van der Waals surface area contributed by atoms with E-state index in [1.165, 1.54) is 0 Å². The van der Waals surface area contributed by atoms with Gasteiger partial charge in [-0.2, -0.15) is 0 Å². The quantitative estimate of drug-likeness (QED) is 0.523. The van der Waals surface area contributed by atoms with Gasteiger partial charge in [-0.1, -0.05) is 12.1 Å². The van der Waals surface area contributed by atoms with E-state index in [9.17, 15) is 0 Å². The number of hydrogen-bond acceptors (Lipinski definition) is 2. The fraction of sp³-hybridized carbons (Fsp3) is 0.143. The Bertz CT molecular complexity index is 222. The first-order valence-corrected chi connectivity index (χ1v) is 2.88. The maximum Gasteiger partial charge on any atom is 0.143 e. The van der Waals surface area contributed by atoms with Crippen LogP contribution in [-0.2, 0) is 6.61 Å². The number of rotatable bonds is 0. The zero-order valence-corrected chi connectivity index (χ0v) is 4.92. The second kappa shape index (κ2) is 1.41. The summed E-state index contributed by atoms with van der Waals surface area (Å²) in [6.45, 7) is 0.647. The molecule has 0 saturated heterocycles. The minimum atomic E-state index is 0.647. The molecule has 2 N–H and O–H groups in total. The number of fused-ring (bicyclic) bond motifs is 2. The molecule has 1 heterocycles. The zero-order chi connectivity index (χ0) is 6.27. The summed E-state index contributed by atoms with van der Waals surface area (Å²) in [4.78, 5) is 0. The molecule has 1 aromatic rings. The van der Waals surface area contributed by atoms with Crippen molar-refractivity contribution in [2.75, 3.05) is 5.73 Å². The molecule has 1 aliphatic heterocycles. The molecule has 46 valence electrons. The van der Waals surface area contributed by atoms with E-state index in [4.69, 9.17) is 10.5 Å². The first-order valence-electron chi connectivity index (χ1n) is 2.88. The largest absolute Gasteiger partial charge is 0.487 e. The summed E-state index contributed by atoms with van der Waals surface area (Å²) >= 11 is 0. The molecular weight excluding hydrogens is 114 g/mol. The van der Waals surface area contributed by atoms with Crippen molar-refractivity contribution in [3.05, 3.63) is 23.8 Å². The van der Waals surface area contributed by atoms with Gasteiger partial charge in [-0.25, -0.2) is 0 Å². The summed E-state index contributed by atoms with van der Waals surface area (Å²) in [5.74, 6) is 0.826. The monoisotopic (exact) mass is 121 g/mol. The van der Waals surface area contributed by atoms with Gasteiger partial charge in [0.25, 0.3) is 0 Å². The lowest BCUT2D eigenvalue weighted by molar-refractivity contribution is 0.328. The average Bonchev–Trinajstić information content (AvgIpc) is 2.19. The lowest BCUT2D eigenvalue weighted by atomic mass is 10.2. The third-order valence-corrected chi connectivity index (χ3v) is 1.54. The predicted octanol–water partition coefficient (Wildman–Crippen LogP) is 1.16. The van der Waals surface area contributed by atoms with Gasteiger partial charge in [0, 0.05) is 5.56 Å². The highest BCUT2D eigenvalue weighted by molar-refractivity contribution is 5.61. The van der Waals surface area contributed by atoms with E-state index in [-0.39, 0.29) is 0 Å². The molecule has 0 fully saturated rings. The van der Waals surface area contributed by atoms with Gasteiger partial charge in [-0.3, -0.25) is 0 Å². The normalized spacial score (nSPS) is 13.3. The van der Waals surface area contributed by atoms with Crippen LogP contribution in [0.15, 0.2) is 18.2 Å². The Morgan fingerprint density at radius 3 is 3.00 bits per heavy atom. The van der Waals surface area contributed by atoms with Gasteiger partial charge in [0.15, 0.2) is 0 Å². The van der Waals surface area contributed by atoms with Gasteiger partial charge in [0.1, 0.15) is 12.4 Å². The van der Waals surface area contributed by atoms with E-state index in [2.05, 4.69) is 0 Å². The molecule has 9 heavy (non-hydrogen) atoms. The molecule has 2 nitrogen and oxygen atoms in total. The second-order valence-corrected chi connectivity index (χ2v) is 2.12. The van der Waals surface area contributed by atoms with Crippen LogP contribution < -0.4 is 10.5 Å². The molecule has 0 saturated carbocycles. The van der Waals surface area contributed by atoms with Crippen molar-refractivity contribution in [3.63, 3.8) is 0 Å². The number of nitrogen functional groups attached to an aromatic ring is 1. The number of nitrogens with two attached hydrogens (primary N) is 1. The van der Waals surface area contributed by atoms with Crippen LogP contribution >= 0.6 is 0 Å². The fourth-order valence-electron chi connectivity index (χ4n) is 0.997. The highest BCUT2D eigenvalue weighted by Crippen LogP contribution is 2.31. The Kier molecular flexibility index (Phi) is 0.730. The van der Waals surface area contributed by atoms with Crippen molar-refractivity contribution in [3.8, 4) is 5.75 Å². The summed E-state index contributed by atoms with van der Waals surface area (Å²) in [6.07, 6.45) is 0. The van der Waals surface area contributed by atoms with Crippen LogP contribution in [0.5, 0.6) is 5.75 Å². The lowest BCUT2D eigenvalue weighted by Crippen LogP contribution is -1.84. The molecule has 0 aliphatic carbocycles. The molecule has 0 unspecified atom stereocenters. The van der Waals surface area contributed by atoms with Crippen LogP contribution in [0.3, 0.4) is 0 Å². The van der Waals surface area contributed by atoms with Gasteiger partial charge in [-0.15, -0.1) is 0 Å². The van der Waals surface area contributed by atoms with Gasteiger partial charge in [0.2, 0.25) is 0 Å². The minimum absolute atomic E-state index is 0.647. The predicted molar refractivity (Wildman–Crippen MR) is 35.2 cm³/mol. The topological polar surface area (TPSA) is 35.2 Å². The Morgan fingerprint density at radius 1 is 1.44 bits per heavy atom. The van der Waals surface area contributed by atoms with Gasteiger partial charge in [0.05, 0.1) is 5.69 Å². The number of hydrogen-bond donors (Lipinski definition) is 1. The Balaban J connectivity index is 2.71. The van der Waals surface area contributed by atoms with Crippen LogP contribution in [0.25, 0.3) is 0 Å². The summed E-state index contributed by atoms with van der Waals surface area (Å²) < 4.78 is 5.19. The van der Waals surface area contributed by atoms with Crippen LogP contribution in [0.4, 0.5) is 5.69 Å². The molecule has 1 aliphatic rings. The van der Waals surface area contributed by atoms with Crippen molar-refractivity contribution < 1.29 is 4.74 Å². The standard InChI is InChI=1S/C7H7NO/c8-7-5-2-1-3-6(7)9-4-5/h1-3H,4,8H2. The van der Waals surface area contributed by atoms with E-state index in [1.54, 1.807) is 0 Å². The summed E-state index contributed by atoms with van der Waals surface area (Å²) in [7, 11) is 0. The van der Waals surface area contributed by atoms with E-state index < -0.39 is 0 Å². The summed E-state index contributed by atoms with van der Waals surface area (Å²) in [5, 5.41) is 0. The third-order valence-electron chi connectivity index (χ3n) is 1.54. The van der Waals surface area contributed by atoms with Crippen LogP contribution in [0.2, 0.25) is 0 Å². The first-order chi connectivity index (χ1) is 4.38. The summed E-state index contributed by atoms with van der Waals surface area (Å²) in [6, 6.07) is 5.81. The highest BCUT2D eigenvalue weighted by atomic mass is 16.5. The lowest BCUT2D eigenvalue weighted by Gasteiger charge is -1.91. The Morgan fingerprint density at radius 2 is 2.33 bits per heavy atom. The highest BCUT2D eigenvalue weighted by Gasteiger charge is 2.12. The molecule has 2 bridgehead atoms. The van der Waals surface area contributed by atoms with E-state index >= 15 is 0 Å². The molecule has 0 aromatic heterocycles. The average molecular weight is 121 g/mol. The van der Waals surface area contributed by atoms with Crippen molar-refractivity contribution >= 4 is 5.69 Å². The number of anilines is 1. The first kappa shape index (κ1) is 4.68. The van der Waals surface area contributed by atoms with Gasteiger partial charge in [-0.05, 0) is 6.07 Å². The molecular formula is C7H7NO. The molecule has 0 atom stereocenters. The minimum Gasteiger partial charge on any atom is -0.487 e. The Labute approximate surface area is 53.2 Å². The van der Waals surface area contributed by atoms with Crippen molar-refractivity contribution in [1.82, 2.24) is 0 Å². The maximum absolute atomic E-state index is 5.62. The molecule has 2 rings (SSSR count). The third kappa shape index (κ3) is 0.499. The fourth-order valence-corrected chi connectivity index (χ4v) is 0.997. The van der Waals surface area contributed by atoms with Crippen molar-refractivity contribution in [1.29, 1.82) is 0 Å². The number of para-hydroxylation sites is 1. The van der Waals surface area contributed by atoms with Crippen molar-refractivity contribution in [2.45, 2.75) is 6.61 Å². The van der Waals surface area contributed by atoms with E-state index in [0.717, 1.165) is 17.0 Å². The molecule has 0 amide bonds. The molecule has 0 radical (unpaired) electrons. The molecule has 0 spiro atoms. The second-order valence-electron chi connectivity index (χ2n) is 2.12. The number of ether oxygens (including phenoxy) is 1. The maximum atomic E-state index is 5.62. The van der Waals surface area contributed by atoms with Crippen LogP contribution in [0.1, 0.15) is 5.56 Å². The molecule has 2 heteroatoms. The number of benzene rings is 1. The van der Waals surface area contributed by atoms with Crippen molar-refractivity contribution in [2.24, 2.45) is 0 Å². The van der Waals surface area contributed by atoms with E-state index in [1.807, 2.05) is 18.2 Å². The molecule has 1 aromatic carbocycles. The SMILES string of the molecule is Nc1c2cccc1OC2. The van der Waals surface area contributed by atoms with Crippen LogP contribution in [0, 0.1) is 0 Å². The van der Waals surface area contributed by atoms with Gasteiger partial charge < -0.3 is 10.5 Å². The summed E-state index contributed by atoms with van der Waals surface area (Å²) in [5.41, 5.74) is 7.53. The Hall–Kier alpha value is -1.18. The van der Waals surface area contributed by atoms with Crippen LogP contribution in [-0.4, -0.2) is 0 Å². The smallest absolute Gasteiger partial charge is 0.143 e. The van der Waals surface area contributed by atoms with Gasteiger partial charge >= 0.3 is 0 Å².